The van der Waals surface area contributed by atoms with E-state index in [-0.39, 0.29) is 0 Å². The minimum absolute atomic E-state index is 0.847. The standard InChI is InChI=1S/C17H21NO/c1-12-5-6-13(2)15(9-12)11-18-16-7-8-17(19-4)14(3)10-16/h5-10,18H,11H2,1-4H3. The first-order valence-corrected chi connectivity index (χ1v) is 6.55. The van der Waals surface area contributed by atoms with Gasteiger partial charge in [-0.3, -0.25) is 0 Å². The highest BCUT2D eigenvalue weighted by Gasteiger charge is 2.02. The van der Waals surface area contributed by atoms with Crippen molar-refractivity contribution in [3.63, 3.8) is 0 Å². The summed E-state index contributed by atoms with van der Waals surface area (Å²) in [4.78, 5) is 0. The molecule has 0 unspecified atom stereocenters. The van der Waals surface area contributed by atoms with E-state index >= 15 is 0 Å². The van der Waals surface area contributed by atoms with Gasteiger partial charge in [-0.15, -0.1) is 0 Å². The van der Waals surface area contributed by atoms with E-state index in [4.69, 9.17) is 4.74 Å². The van der Waals surface area contributed by atoms with Crippen LogP contribution in [-0.4, -0.2) is 7.11 Å². The van der Waals surface area contributed by atoms with Crippen molar-refractivity contribution in [2.75, 3.05) is 12.4 Å². The molecule has 2 rings (SSSR count). The largest absolute Gasteiger partial charge is 0.496 e. The van der Waals surface area contributed by atoms with Gasteiger partial charge in [-0.2, -0.15) is 0 Å². The van der Waals surface area contributed by atoms with Crippen LogP contribution in [-0.2, 0) is 6.54 Å². The summed E-state index contributed by atoms with van der Waals surface area (Å²) in [7, 11) is 1.70. The first-order chi connectivity index (χ1) is 9.10. The number of rotatable bonds is 4. The molecule has 0 saturated heterocycles. The maximum atomic E-state index is 5.27. The molecule has 0 aliphatic rings. The summed E-state index contributed by atoms with van der Waals surface area (Å²) < 4.78 is 5.27. The minimum atomic E-state index is 0.847. The smallest absolute Gasteiger partial charge is 0.121 e. The predicted octanol–water partition coefficient (Wildman–Crippen LogP) is 4.23. The lowest BCUT2D eigenvalue weighted by Gasteiger charge is -2.12. The highest BCUT2D eigenvalue weighted by atomic mass is 16.5. The van der Waals surface area contributed by atoms with Gasteiger partial charge in [-0.25, -0.2) is 0 Å². The SMILES string of the molecule is COc1ccc(NCc2cc(C)ccc2C)cc1C. The second-order valence-corrected chi connectivity index (χ2v) is 4.97. The summed E-state index contributed by atoms with van der Waals surface area (Å²) in [6, 6.07) is 12.7. The number of anilines is 1. The Bertz CT molecular complexity index is 575. The Balaban J connectivity index is 2.10. The molecule has 2 heteroatoms. The van der Waals surface area contributed by atoms with Gasteiger partial charge in [0.05, 0.1) is 7.11 Å². The van der Waals surface area contributed by atoms with Crippen LogP contribution in [0.2, 0.25) is 0 Å². The fourth-order valence-corrected chi connectivity index (χ4v) is 2.18. The van der Waals surface area contributed by atoms with Gasteiger partial charge in [0.25, 0.3) is 0 Å². The summed E-state index contributed by atoms with van der Waals surface area (Å²) >= 11 is 0. The van der Waals surface area contributed by atoms with Gasteiger partial charge >= 0.3 is 0 Å². The number of methoxy groups -OCH3 is 1. The van der Waals surface area contributed by atoms with E-state index in [2.05, 4.69) is 56.4 Å². The molecule has 0 atom stereocenters. The van der Waals surface area contributed by atoms with Gasteiger partial charge in [0.2, 0.25) is 0 Å². The molecule has 2 aromatic carbocycles. The van der Waals surface area contributed by atoms with E-state index in [0.29, 0.717) is 0 Å². The van der Waals surface area contributed by atoms with Crippen LogP contribution in [0.1, 0.15) is 22.3 Å². The molecule has 0 aromatic heterocycles. The molecule has 2 nitrogen and oxygen atoms in total. The Labute approximate surface area is 115 Å². The van der Waals surface area contributed by atoms with Crippen molar-refractivity contribution in [3.05, 3.63) is 58.7 Å². The molecule has 0 aliphatic heterocycles. The van der Waals surface area contributed by atoms with Crippen molar-refractivity contribution in [2.45, 2.75) is 27.3 Å². The van der Waals surface area contributed by atoms with Gasteiger partial charge in [0, 0.05) is 12.2 Å². The Morgan fingerprint density at radius 3 is 2.42 bits per heavy atom. The second-order valence-electron chi connectivity index (χ2n) is 4.97. The second kappa shape index (κ2) is 5.79. The van der Waals surface area contributed by atoms with Crippen LogP contribution in [0.3, 0.4) is 0 Å². The van der Waals surface area contributed by atoms with E-state index in [1.807, 2.05) is 6.07 Å². The van der Waals surface area contributed by atoms with Gasteiger partial charge in [0.1, 0.15) is 5.75 Å². The van der Waals surface area contributed by atoms with Crippen LogP contribution in [0, 0.1) is 20.8 Å². The maximum absolute atomic E-state index is 5.27. The van der Waals surface area contributed by atoms with E-state index in [1.165, 1.54) is 16.7 Å². The number of nitrogens with one attached hydrogen (secondary N) is 1. The fourth-order valence-electron chi connectivity index (χ4n) is 2.18. The van der Waals surface area contributed by atoms with E-state index in [1.54, 1.807) is 7.11 Å². The number of hydrogen-bond acceptors (Lipinski definition) is 2. The van der Waals surface area contributed by atoms with Crippen LogP contribution in [0.15, 0.2) is 36.4 Å². The molecule has 0 spiro atoms. The quantitative estimate of drug-likeness (QED) is 0.882. The Morgan fingerprint density at radius 1 is 0.947 bits per heavy atom. The Hall–Kier alpha value is -1.96. The van der Waals surface area contributed by atoms with Crippen LogP contribution < -0.4 is 10.1 Å². The average Bonchev–Trinajstić information content (AvgIpc) is 2.40. The number of hydrogen-bond donors (Lipinski definition) is 1. The first kappa shape index (κ1) is 13.5. The lowest BCUT2D eigenvalue weighted by molar-refractivity contribution is 0.412. The first-order valence-electron chi connectivity index (χ1n) is 6.55. The normalized spacial score (nSPS) is 10.3. The molecule has 100 valence electrons. The summed E-state index contributed by atoms with van der Waals surface area (Å²) in [5.74, 6) is 0.928. The van der Waals surface area contributed by atoms with Crippen molar-refractivity contribution in [3.8, 4) is 5.75 Å². The predicted molar refractivity (Wildman–Crippen MR) is 81.0 cm³/mol. The van der Waals surface area contributed by atoms with E-state index < -0.39 is 0 Å². The zero-order valence-electron chi connectivity index (χ0n) is 12.1. The molecule has 0 bridgehead atoms. The van der Waals surface area contributed by atoms with Crippen molar-refractivity contribution in [1.29, 1.82) is 0 Å². The zero-order chi connectivity index (χ0) is 13.8. The molecule has 0 aliphatic carbocycles. The lowest BCUT2D eigenvalue weighted by atomic mass is 10.1. The van der Waals surface area contributed by atoms with Crippen molar-refractivity contribution in [2.24, 2.45) is 0 Å². The molecule has 0 radical (unpaired) electrons. The number of ether oxygens (including phenoxy) is 1. The topological polar surface area (TPSA) is 21.3 Å². The molecule has 0 heterocycles. The summed E-state index contributed by atoms with van der Waals surface area (Å²) in [5.41, 5.74) is 6.23. The molecule has 0 amide bonds. The summed E-state index contributed by atoms with van der Waals surface area (Å²) in [5, 5.41) is 3.47. The van der Waals surface area contributed by atoms with Crippen LogP contribution in [0.4, 0.5) is 5.69 Å². The van der Waals surface area contributed by atoms with Gasteiger partial charge in [-0.1, -0.05) is 23.8 Å². The van der Waals surface area contributed by atoms with Crippen LogP contribution in [0.5, 0.6) is 5.75 Å². The summed E-state index contributed by atoms with van der Waals surface area (Å²) in [6.07, 6.45) is 0. The third-order valence-electron chi connectivity index (χ3n) is 3.38. The minimum Gasteiger partial charge on any atom is -0.496 e. The monoisotopic (exact) mass is 255 g/mol. The van der Waals surface area contributed by atoms with Gasteiger partial charge < -0.3 is 10.1 Å². The highest BCUT2D eigenvalue weighted by Crippen LogP contribution is 2.22. The van der Waals surface area contributed by atoms with Crippen LogP contribution in [0.25, 0.3) is 0 Å². The lowest BCUT2D eigenvalue weighted by Crippen LogP contribution is -2.02. The maximum Gasteiger partial charge on any atom is 0.121 e. The van der Waals surface area contributed by atoms with Crippen LogP contribution >= 0.6 is 0 Å². The van der Waals surface area contributed by atoms with Gasteiger partial charge in [-0.05, 0) is 55.7 Å². The van der Waals surface area contributed by atoms with E-state index in [9.17, 15) is 0 Å². The number of aryl methyl sites for hydroxylation is 3. The molecule has 0 saturated carbocycles. The Morgan fingerprint density at radius 2 is 1.74 bits per heavy atom. The molecular formula is C17H21NO. The fraction of sp³-hybridized carbons (Fsp3) is 0.294. The van der Waals surface area contributed by atoms with E-state index in [0.717, 1.165) is 23.5 Å². The average molecular weight is 255 g/mol. The van der Waals surface area contributed by atoms with Crippen molar-refractivity contribution >= 4 is 5.69 Å². The van der Waals surface area contributed by atoms with Crippen molar-refractivity contribution < 1.29 is 4.74 Å². The molecule has 2 aromatic rings. The number of benzene rings is 2. The highest BCUT2D eigenvalue weighted by molar-refractivity contribution is 5.51. The Kier molecular flexibility index (Phi) is 4.10. The van der Waals surface area contributed by atoms with Gasteiger partial charge in [0.15, 0.2) is 0 Å². The molecule has 19 heavy (non-hydrogen) atoms. The molecular weight excluding hydrogens is 234 g/mol. The third-order valence-corrected chi connectivity index (χ3v) is 3.38. The summed E-state index contributed by atoms with van der Waals surface area (Å²) in [6.45, 7) is 7.18. The van der Waals surface area contributed by atoms with Crippen molar-refractivity contribution in [1.82, 2.24) is 0 Å². The zero-order valence-corrected chi connectivity index (χ0v) is 12.1. The third kappa shape index (κ3) is 3.28. The molecule has 0 fully saturated rings. The molecule has 1 N–H and O–H groups in total.